The van der Waals surface area contributed by atoms with E-state index in [9.17, 15) is 28.1 Å². The van der Waals surface area contributed by atoms with Gasteiger partial charge < -0.3 is 5.32 Å². The largest absolute Gasteiger partial charge is 0.418 e. The minimum Gasteiger partial charge on any atom is -0.324 e. The van der Waals surface area contributed by atoms with Crippen molar-refractivity contribution < 1.29 is 22.9 Å². The second kappa shape index (κ2) is 8.57. The number of nitro benzene ring substituents is 1. The van der Waals surface area contributed by atoms with Crippen molar-refractivity contribution in [3.63, 3.8) is 0 Å². The van der Waals surface area contributed by atoms with Gasteiger partial charge in [0.05, 0.1) is 22.2 Å². The summed E-state index contributed by atoms with van der Waals surface area (Å²) in [6, 6.07) is 7.93. The predicted molar refractivity (Wildman–Crippen MR) is 99.2 cm³/mol. The number of benzene rings is 2. The van der Waals surface area contributed by atoms with E-state index in [1.807, 2.05) is 0 Å². The summed E-state index contributed by atoms with van der Waals surface area (Å²) in [6.45, 7) is 3.25. The van der Waals surface area contributed by atoms with Crippen molar-refractivity contribution >= 4 is 28.9 Å². The first-order valence-corrected chi connectivity index (χ1v) is 8.55. The van der Waals surface area contributed by atoms with Gasteiger partial charge in [0.2, 0.25) is 5.91 Å². The zero-order valence-corrected chi connectivity index (χ0v) is 15.6. The van der Waals surface area contributed by atoms with Gasteiger partial charge >= 0.3 is 6.18 Å². The van der Waals surface area contributed by atoms with Gasteiger partial charge in [-0.3, -0.25) is 20.2 Å². The maximum absolute atomic E-state index is 13.2. The van der Waals surface area contributed by atoms with E-state index in [1.54, 1.807) is 31.2 Å². The molecule has 0 aromatic heterocycles. The van der Waals surface area contributed by atoms with Crippen LogP contribution in [0.2, 0.25) is 5.02 Å². The molecular formula is C18H17ClF3N3O3. The summed E-state index contributed by atoms with van der Waals surface area (Å²) in [4.78, 5) is 22.2. The lowest BCUT2D eigenvalue weighted by Crippen LogP contribution is -2.39. The lowest BCUT2D eigenvalue weighted by Gasteiger charge is -2.21. The molecule has 0 unspecified atom stereocenters. The van der Waals surface area contributed by atoms with Crippen LogP contribution in [0.15, 0.2) is 42.5 Å². The van der Waals surface area contributed by atoms with Gasteiger partial charge in [-0.05, 0) is 31.5 Å². The first-order valence-electron chi connectivity index (χ1n) is 8.17. The Morgan fingerprint density at radius 3 is 2.39 bits per heavy atom. The third kappa shape index (κ3) is 5.20. The third-order valence-corrected chi connectivity index (χ3v) is 4.39. The summed E-state index contributed by atoms with van der Waals surface area (Å²) in [7, 11) is 0. The van der Waals surface area contributed by atoms with Crippen LogP contribution in [0.4, 0.5) is 24.5 Å². The second-order valence-electron chi connectivity index (χ2n) is 6.11. The van der Waals surface area contributed by atoms with E-state index in [1.165, 1.54) is 6.92 Å². The monoisotopic (exact) mass is 415 g/mol. The number of carbonyl (C=O) groups excluding carboxylic acids is 1. The number of carbonyl (C=O) groups is 1. The lowest BCUT2D eigenvalue weighted by molar-refractivity contribution is -0.385. The number of amides is 1. The molecule has 0 aliphatic carbocycles. The topological polar surface area (TPSA) is 84.3 Å². The van der Waals surface area contributed by atoms with Crippen molar-refractivity contribution in [2.75, 3.05) is 5.32 Å². The molecule has 2 aromatic rings. The summed E-state index contributed by atoms with van der Waals surface area (Å²) in [5.74, 6) is -0.724. The van der Waals surface area contributed by atoms with E-state index >= 15 is 0 Å². The molecule has 0 heterocycles. The Labute approximate surface area is 163 Å². The SMILES string of the molecule is C[C@@H](N[C@H](C)c1ccccc1Cl)C(=O)Nc1ccc([N+](=O)[O-])cc1C(F)(F)F. The van der Waals surface area contributed by atoms with Crippen LogP contribution in [-0.2, 0) is 11.0 Å². The van der Waals surface area contributed by atoms with Crippen LogP contribution in [0.5, 0.6) is 0 Å². The molecule has 0 bridgehead atoms. The quantitative estimate of drug-likeness (QED) is 0.516. The number of rotatable bonds is 6. The number of alkyl halides is 3. The highest BCUT2D eigenvalue weighted by Crippen LogP contribution is 2.37. The summed E-state index contributed by atoms with van der Waals surface area (Å²) >= 11 is 6.10. The zero-order chi connectivity index (χ0) is 21.1. The highest BCUT2D eigenvalue weighted by molar-refractivity contribution is 6.31. The van der Waals surface area contributed by atoms with Crippen molar-refractivity contribution in [3.05, 3.63) is 68.7 Å². The van der Waals surface area contributed by atoms with E-state index in [2.05, 4.69) is 10.6 Å². The Hall–Kier alpha value is -2.65. The number of hydrogen-bond donors (Lipinski definition) is 2. The Balaban J connectivity index is 2.17. The van der Waals surface area contributed by atoms with Crippen molar-refractivity contribution in [1.29, 1.82) is 0 Å². The molecule has 2 rings (SSSR count). The molecule has 10 heteroatoms. The average Bonchev–Trinajstić information content (AvgIpc) is 2.61. The molecule has 28 heavy (non-hydrogen) atoms. The molecule has 0 saturated carbocycles. The van der Waals surface area contributed by atoms with Crippen LogP contribution in [0.1, 0.15) is 31.0 Å². The van der Waals surface area contributed by atoms with E-state index in [0.717, 1.165) is 17.7 Å². The maximum atomic E-state index is 13.2. The molecule has 6 nitrogen and oxygen atoms in total. The summed E-state index contributed by atoms with van der Waals surface area (Å²) < 4.78 is 39.6. The van der Waals surface area contributed by atoms with E-state index in [4.69, 9.17) is 11.6 Å². The highest BCUT2D eigenvalue weighted by Gasteiger charge is 2.36. The number of non-ortho nitro benzene ring substituents is 1. The van der Waals surface area contributed by atoms with E-state index in [-0.39, 0.29) is 6.04 Å². The number of nitrogens with one attached hydrogen (secondary N) is 2. The van der Waals surface area contributed by atoms with Crippen molar-refractivity contribution in [3.8, 4) is 0 Å². The number of anilines is 1. The van der Waals surface area contributed by atoms with E-state index < -0.39 is 40.0 Å². The van der Waals surface area contributed by atoms with Crippen LogP contribution < -0.4 is 10.6 Å². The van der Waals surface area contributed by atoms with Gasteiger partial charge in [0.25, 0.3) is 5.69 Å². The Kier molecular flexibility index (Phi) is 6.63. The predicted octanol–water partition coefficient (Wildman–Crippen LogP) is 4.94. The molecule has 0 saturated heterocycles. The molecule has 1 amide bonds. The Morgan fingerprint density at radius 2 is 1.82 bits per heavy atom. The van der Waals surface area contributed by atoms with Crippen molar-refractivity contribution in [2.24, 2.45) is 0 Å². The lowest BCUT2D eigenvalue weighted by atomic mass is 10.1. The van der Waals surface area contributed by atoms with Gasteiger partial charge in [-0.1, -0.05) is 29.8 Å². The van der Waals surface area contributed by atoms with Crippen molar-refractivity contribution in [1.82, 2.24) is 5.32 Å². The summed E-state index contributed by atoms with van der Waals surface area (Å²) in [6.07, 6.45) is -4.86. The molecule has 0 radical (unpaired) electrons. The smallest absolute Gasteiger partial charge is 0.324 e. The number of hydrogen-bond acceptors (Lipinski definition) is 4. The van der Waals surface area contributed by atoms with Gasteiger partial charge in [-0.2, -0.15) is 13.2 Å². The molecule has 0 aliphatic heterocycles. The molecule has 2 aromatic carbocycles. The highest BCUT2D eigenvalue weighted by atomic mass is 35.5. The number of nitrogens with zero attached hydrogens (tertiary/aromatic N) is 1. The molecule has 150 valence electrons. The maximum Gasteiger partial charge on any atom is 0.418 e. The Bertz CT molecular complexity index is 890. The zero-order valence-electron chi connectivity index (χ0n) is 14.9. The normalized spacial score (nSPS) is 13.6. The Morgan fingerprint density at radius 1 is 1.18 bits per heavy atom. The standard InChI is InChI=1S/C18H17ClF3N3O3/c1-10(13-5-3-4-6-15(13)19)23-11(2)17(26)24-16-8-7-12(25(27)28)9-14(16)18(20,21)22/h3-11,23H,1-2H3,(H,24,26)/t10-,11-/m1/s1. The number of halogens is 4. The minimum absolute atomic E-state index is 0.339. The van der Waals surface area contributed by atoms with E-state index in [0.29, 0.717) is 11.1 Å². The molecule has 2 atom stereocenters. The van der Waals surface area contributed by atoms with Crippen LogP contribution in [0.3, 0.4) is 0 Å². The first-order chi connectivity index (χ1) is 13.0. The summed E-state index contributed by atoms with van der Waals surface area (Å²) in [5, 5.41) is 16.4. The van der Waals surface area contributed by atoms with Crippen LogP contribution in [0.25, 0.3) is 0 Å². The van der Waals surface area contributed by atoms with Gasteiger partial charge in [-0.15, -0.1) is 0 Å². The molecule has 0 aliphatic rings. The van der Waals surface area contributed by atoms with Gasteiger partial charge in [0.1, 0.15) is 0 Å². The molecule has 0 fully saturated rings. The molecular weight excluding hydrogens is 399 g/mol. The third-order valence-electron chi connectivity index (χ3n) is 4.04. The van der Waals surface area contributed by atoms with Crippen LogP contribution in [-0.4, -0.2) is 16.9 Å². The number of nitro groups is 1. The molecule has 0 spiro atoms. The fraction of sp³-hybridized carbons (Fsp3) is 0.278. The van der Waals surface area contributed by atoms with Gasteiger partial charge in [0.15, 0.2) is 0 Å². The van der Waals surface area contributed by atoms with Crippen LogP contribution in [0, 0.1) is 10.1 Å². The average molecular weight is 416 g/mol. The van der Waals surface area contributed by atoms with Gasteiger partial charge in [-0.25, -0.2) is 0 Å². The minimum atomic E-state index is -4.86. The summed E-state index contributed by atoms with van der Waals surface area (Å²) in [5.41, 5.74) is -1.83. The molecule has 2 N–H and O–H groups in total. The first kappa shape index (κ1) is 21.6. The fourth-order valence-corrected chi connectivity index (χ4v) is 2.90. The van der Waals surface area contributed by atoms with Crippen molar-refractivity contribution in [2.45, 2.75) is 32.1 Å². The second-order valence-corrected chi connectivity index (χ2v) is 6.51. The van der Waals surface area contributed by atoms with Gasteiger partial charge in [0, 0.05) is 23.2 Å². The van der Waals surface area contributed by atoms with Crippen LogP contribution >= 0.6 is 11.6 Å². The fourth-order valence-electron chi connectivity index (χ4n) is 2.60.